The van der Waals surface area contributed by atoms with Crippen LogP contribution in [0.5, 0.6) is 11.5 Å². The monoisotopic (exact) mass is 397 g/mol. The lowest BCUT2D eigenvalue weighted by molar-refractivity contribution is 0.407. The lowest BCUT2D eigenvalue weighted by Crippen LogP contribution is -2.56. The molecule has 0 unspecified atom stereocenters. The van der Waals surface area contributed by atoms with E-state index in [1.807, 2.05) is 20.8 Å². The Morgan fingerprint density at radius 1 is 1.24 bits per heavy atom. The number of aromatic nitrogens is 4. The molecule has 0 spiro atoms. The Morgan fingerprint density at radius 2 is 1.97 bits per heavy atom. The summed E-state index contributed by atoms with van der Waals surface area (Å²) in [7, 11) is 1.47. The van der Waals surface area contributed by atoms with E-state index < -0.39 is 11.1 Å². The van der Waals surface area contributed by atoms with Gasteiger partial charge in [-0.05, 0) is 24.3 Å². The van der Waals surface area contributed by atoms with Crippen molar-refractivity contribution in [2.24, 2.45) is 0 Å². The van der Waals surface area contributed by atoms with Crippen LogP contribution in [0.15, 0.2) is 34.1 Å². The molecule has 2 aromatic heterocycles. The van der Waals surface area contributed by atoms with Gasteiger partial charge in [0.15, 0.2) is 0 Å². The van der Waals surface area contributed by atoms with Gasteiger partial charge in [0.2, 0.25) is 0 Å². The molecule has 3 aromatic rings. The number of ether oxygens (including phenoxy) is 1. The highest BCUT2D eigenvalue weighted by molar-refractivity contribution is 5.58. The zero-order valence-electron chi connectivity index (χ0n) is 16.6. The molecule has 0 saturated heterocycles. The number of H-pyrrole nitrogens is 2. The van der Waals surface area contributed by atoms with E-state index in [9.17, 15) is 14.7 Å². The average molecular weight is 397 g/mol. The molecular weight excluding hydrogens is 374 g/mol. The number of aromatic hydroxyl groups is 1. The van der Waals surface area contributed by atoms with Gasteiger partial charge in [0.05, 0.1) is 19.1 Å². The predicted octanol–water partition coefficient (Wildman–Crippen LogP) is -0.357. The van der Waals surface area contributed by atoms with Gasteiger partial charge in [-0.15, -0.1) is 0 Å². The fourth-order valence-electron chi connectivity index (χ4n) is 2.89. The molecule has 3 rings (SSSR count). The van der Waals surface area contributed by atoms with E-state index in [-0.39, 0.29) is 21.9 Å². The Hall–Kier alpha value is -3.75. The summed E-state index contributed by atoms with van der Waals surface area (Å²) < 4.78 is 5.78. The minimum atomic E-state index is -0.605. The summed E-state index contributed by atoms with van der Waals surface area (Å²) >= 11 is 0. The molecule has 0 aliphatic heterocycles. The molecule has 0 saturated carbocycles. The number of phenolic OH excluding ortho intramolecular Hbond substituents is 1. The van der Waals surface area contributed by atoms with Crippen LogP contribution in [-0.4, -0.2) is 31.8 Å². The molecule has 152 valence electrons. The highest BCUT2D eigenvalue weighted by Gasteiger charge is 2.19. The van der Waals surface area contributed by atoms with E-state index in [0.717, 1.165) is 10.4 Å². The number of nitrogen functional groups attached to an aromatic ring is 1. The van der Waals surface area contributed by atoms with Crippen LogP contribution in [0.1, 0.15) is 37.7 Å². The fraction of sp³-hybridized carbons (Fsp3) is 0.250. The Labute approximate surface area is 165 Å². The van der Waals surface area contributed by atoms with Crippen molar-refractivity contribution < 1.29 is 9.84 Å². The van der Waals surface area contributed by atoms with Crippen molar-refractivity contribution >= 4 is 12.2 Å². The van der Waals surface area contributed by atoms with Crippen molar-refractivity contribution in [1.82, 2.24) is 19.6 Å². The van der Waals surface area contributed by atoms with Gasteiger partial charge in [-0.2, -0.15) is 0 Å². The van der Waals surface area contributed by atoms with E-state index in [0.29, 0.717) is 17.0 Å². The number of nitrogens with two attached hydrogens (primary N) is 1. The van der Waals surface area contributed by atoms with Crippen LogP contribution in [0.25, 0.3) is 12.2 Å². The first-order valence-corrected chi connectivity index (χ1v) is 8.86. The van der Waals surface area contributed by atoms with Crippen LogP contribution in [-0.2, 0) is 5.41 Å². The zero-order valence-corrected chi connectivity index (χ0v) is 16.6. The summed E-state index contributed by atoms with van der Waals surface area (Å²) in [6.45, 7) is 6.00. The molecule has 9 nitrogen and oxygen atoms in total. The summed E-state index contributed by atoms with van der Waals surface area (Å²) in [5, 5.41) is 10.00. The number of nitrogens with zero attached hydrogens (tertiary/aromatic N) is 2. The molecule has 2 heterocycles. The number of methoxy groups -OCH3 is 1. The SMILES string of the molecule is COc1ccc(/C=c2/c(=O)[nH]/c(=C\c3nc[nH]c3C(C)(C)C)c(=O)n2N)c(O)c1. The number of imidazole rings is 1. The Kier molecular flexibility index (Phi) is 5.06. The van der Waals surface area contributed by atoms with E-state index in [1.165, 1.54) is 31.7 Å². The van der Waals surface area contributed by atoms with Gasteiger partial charge in [-0.3, -0.25) is 9.59 Å². The predicted molar refractivity (Wildman–Crippen MR) is 110 cm³/mol. The second kappa shape index (κ2) is 7.34. The molecule has 0 aliphatic rings. The standard InChI is InChI=1S/C20H23N5O4/c1-20(2,3)17-13(22-10-23-17)9-14-19(28)25(21)15(18(27)24-14)7-11-5-6-12(29-4)8-16(11)26/h5-10,26H,21H2,1-4H3,(H,22,23)(H,24,27)/b14-9-,15-7-. The van der Waals surface area contributed by atoms with Crippen LogP contribution in [0.4, 0.5) is 0 Å². The smallest absolute Gasteiger partial charge is 0.293 e. The lowest BCUT2D eigenvalue weighted by atomic mass is 9.90. The van der Waals surface area contributed by atoms with Crippen molar-refractivity contribution in [1.29, 1.82) is 0 Å². The van der Waals surface area contributed by atoms with Crippen LogP contribution < -0.4 is 32.4 Å². The van der Waals surface area contributed by atoms with Crippen LogP contribution in [0.2, 0.25) is 0 Å². The van der Waals surface area contributed by atoms with Crippen molar-refractivity contribution in [2.75, 3.05) is 13.0 Å². The minimum absolute atomic E-state index is 0.00574. The number of rotatable bonds is 3. The minimum Gasteiger partial charge on any atom is -0.507 e. The van der Waals surface area contributed by atoms with Crippen LogP contribution in [0.3, 0.4) is 0 Å². The summed E-state index contributed by atoms with van der Waals surface area (Å²) in [5.74, 6) is 6.23. The molecule has 0 fully saturated rings. The molecule has 5 N–H and O–H groups in total. The number of aromatic amines is 2. The van der Waals surface area contributed by atoms with E-state index >= 15 is 0 Å². The molecule has 0 radical (unpaired) electrons. The quantitative estimate of drug-likeness (QED) is 0.445. The van der Waals surface area contributed by atoms with Crippen LogP contribution in [0, 0.1) is 0 Å². The van der Waals surface area contributed by atoms with E-state index in [1.54, 1.807) is 12.1 Å². The first kappa shape index (κ1) is 20.0. The zero-order chi connectivity index (χ0) is 21.3. The molecule has 0 aliphatic carbocycles. The lowest BCUT2D eigenvalue weighted by Gasteiger charge is -2.16. The number of phenols is 1. The van der Waals surface area contributed by atoms with E-state index in [2.05, 4.69) is 15.0 Å². The summed E-state index contributed by atoms with van der Waals surface area (Å²) in [5.41, 5.74) is 0.251. The highest BCUT2D eigenvalue weighted by atomic mass is 16.5. The van der Waals surface area contributed by atoms with Crippen molar-refractivity contribution in [2.45, 2.75) is 26.2 Å². The normalized spacial score (nSPS) is 13.1. The van der Waals surface area contributed by atoms with Crippen molar-refractivity contribution in [3.05, 3.63) is 72.9 Å². The molecule has 9 heteroatoms. The molecule has 1 aromatic carbocycles. The third kappa shape index (κ3) is 3.93. The highest BCUT2D eigenvalue weighted by Crippen LogP contribution is 2.24. The summed E-state index contributed by atoms with van der Waals surface area (Å²) in [6, 6.07) is 4.57. The Morgan fingerprint density at radius 3 is 2.59 bits per heavy atom. The second-order valence-corrected chi connectivity index (χ2v) is 7.55. The molecular formula is C20H23N5O4. The maximum absolute atomic E-state index is 12.7. The van der Waals surface area contributed by atoms with Gasteiger partial charge in [0.25, 0.3) is 11.1 Å². The van der Waals surface area contributed by atoms with Gasteiger partial charge >= 0.3 is 0 Å². The van der Waals surface area contributed by atoms with Gasteiger partial charge in [0.1, 0.15) is 22.2 Å². The second-order valence-electron chi connectivity index (χ2n) is 7.55. The topological polar surface area (TPSA) is 139 Å². The number of benzene rings is 1. The van der Waals surface area contributed by atoms with Crippen molar-refractivity contribution in [3.8, 4) is 11.5 Å². The average Bonchev–Trinajstić information content (AvgIpc) is 3.12. The third-order valence-corrected chi connectivity index (χ3v) is 4.42. The van der Waals surface area contributed by atoms with Gasteiger partial charge in [-0.1, -0.05) is 20.8 Å². The van der Waals surface area contributed by atoms with E-state index in [4.69, 9.17) is 10.6 Å². The largest absolute Gasteiger partial charge is 0.507 e. The van der Waals surface area contributed by atoms with Gasteiger partial charge in [0, 0.05) is 22.7 Å². The fourth-order valence-corrected chi connectivity index (χ4v) is 2.89. The molecule has 0 bridgehead atoms. The number of hydrogen-bond acceptors (Lipinski definition) is 6. The molecule has 0 atom stereocenters. The summed E-state index contributed by atoms with van der Waals surface area (Å²) in [6.07, 6.45) is 4.34. The maximum Gasteiger partial charge on any atom is 0.293 e. The Balaban J connectivity index is 2.20. The third-order valence-electron chi connectivity index (χ3n) is 4.42. The van der Waals surface area contributed by atoms with Gasteiger partial charge < -0.3 is 25.7 Å². The maximum atomic E-state index is 12.7. The molecule has 29 heavy (non-hydrogen) atoms. The first-order valence-electron chi connectivity index (χ1n) is 8.86. The number of hydrogen-bond donors (Lipinski definition) is 4. The molecule has 0 amide bonds. The summed E-state index contributed by atoms with van der Waals surface area (Å²) in [4.78, 5) is 35.1. The van der Waals surface area contributed by atoms with Crippen LogP contribution >= 0.6 is 0 Å². The number of nitrogens with one attached hydrogen (secondary N) is 2. The van der Waals surface area contributed by atoms with Gasteiger partial charge in [-0.25, -0.2) is 9.66 Å². The Bertz CT molecular complexity index is 1290. The first-order chi connectivity index (χ1) is 13.6. The van der Waals surface area contributed by atoms with Crippen molar-refractivity contribution in [3.63, 3.8) is 0 Å².